The number of ether oxygens (including phenoxy) is 1. The van der Waals surface area contributed by atoms with E-state index in [1.54, 1.807) is 13.2 Å². The van der Waals surface area contributed by atoms with Gasteiger partial charge >= 0.3 is 0 Å². The van der Waals surface area contributed by atoms with Crippen molar-refractivity contribution in [2.45, 2.75) is 19.3 Å². The van der Waals surface area contributed by atoms with Gasteiger partial charge in [-0.3, -0.25) is 9.59 Å². The van der Waals surface area contributed by atoms with Crippen molar-refractivity contribution in [3.8, 4) is 17.1 Å². The number of benzene rings is 1. The molecule has 1 amide bonds. The molecule has 3 aromatic rings. The number of carbonyl (C=O) groups excluding carboxylic acids is 1. The SMILES string of the molecule is COc1ccc(-c2noc(CCCC(=O)Nc3cc(Br)c[nH]c3=O)n2)cc1. The van der Waals surface area contributed by atoms with Gasteiger partial charge in [0, 0.05) is 29.1 Å². The van der Waals surface area contributed by atoms with Crippen LogP contribution in [0.15, 0.2) is 50.3 Å². The average Bonchev–Trinajstić information content (AvgIpc) is 3.14. The molecule has 8 nitrogen and oxygen atoms in total. The van der Waals surface area contributed by atoms with Gasteiger partial charge in [0.15, 0.2) is 0 Å². The number of H-pyrrole nitrogens is 1. The molecule has 0 spiro atoms. The highest BCUT2D eigenvalue weighted by molar-refractivity contribution is 9.10. The van der Waals surface area contributed by atoms with Crippen LogP contribution in [0.1, 0.15) is 18.7 Å². The van der Waals surface area contributed by atoms with Crippen LogP contribution >= 0.6 is 15.9 Å². The first-order valence-corrected chi connectivity index (χ1v) is 8.99. The summed E-state index contributed by atoms with van der Waals surface area (Å²) >= 11 is 3.24. The van der Waals surface area contributed by atoms with E-state index < -0.39 is 0 Å². The number of nitrogens with zero attached hydrogens (tertiary/aromatic N) is 2. The Balaban J connectivity index is 1.52. The number of hydrogen-bond acceptors (Lipinski definition) is 6. The smallest absolute Gasteiger partial charge is 0.271 e. The molecule has 2 N–H and O–H groups in total. The number of methoxy groups -OCH3 is 1. The summed E-state index contributed by atoms with van der Waals surface area (Å²) in [5.41, 5.74) is 0.666. The van der Waals surface area contributed by atoms with Crippen LogP contribution < -0.4 is 15.6 Å². The summed E-state index contributed by atoms with van der Waals surface area (Å²) in [5.74, 6) is 1.43. The van der Waals surface area contributed by atoms with E-state index in [1.165, 1.54) is 6.20 Å². The molecule has 27 heavy (non-hydrogen) atoms. The number of carbonyl (C=O) groups is 1. The van der Waals surface area contributed by atoms with Gasteiger partial charge in [0.2, 0.25) is 17.6 Å². The molecule has 0 aliphatic carbocycles. The molecule has 0 aliphatic heterocycles. The molecule has 2 heterocycles. The summed E-state index contributed by atoms with van der Waals surface area (Å²) < 4.78 is 11.0. The van der Waals surface area contributed by atoms with Crippen LogP contribution in [0.5, 0.6) is 5.75 Å². The molecule has 0 fully saturated rings. The minimum Gasteiger partial charge on any atom is -0.497 e. The van der Waals surface area contributed by atoms with Crippen molar-refractivity contribution < 1.29 is 14.1 Å². The Morgan fingerprint density at radius 1 is 1.33 bits per heavy atom. The minimum atomic E-state index is -0.354. The van der Waals surface area contributed by atoms with Crippen LogP contribution in [0, 0.1) is 0 Å². The second-order valence-corrected chi connectivity index (χ2v) is 6.62. The maximum Gasteiger partial charge on any atom is 0.271 e. The molecule has 0 aliphatic rings. The zero-order valence-corrected chi connectivity index (χ0v) is 16.1. The summed E-state index contributed by atoms with van der Waals surface area (Å²) in [7, 11) is 1.60. The zero-order valence-electron chi connectivity index (χ0n) is 14.5. The first-order valence-electron chi connectivity index (χ1n) is 8.20. The van der Waals surface area contributed by atoms with Crippen molar-refractivity contribution in [3.63, 3.8) is 0 Å². The number of hydrogen-bond donors (Lipinski definition) is 2. The normalized spacial score (nSPS) is 10.6. The number of rotatable bonds is 7. The topological polar surface area (TPSA) is 110 Å². The van der Waals surface area contributed by atoms with Crippen molar-refractivity contribution in [2.24, 2.45) is 0 Å². The van der Waals surface area contributed by atoms with E-state index in [2.05, 4.69) is 36.4 Å². The lowest BCUT2D eigenvalue weighted by Crippen LogP contribution is -2.19. The van der Waals surface area contributed by atoms with Crippen LogP contribution in [0.2, 0.25) is 0 Å². The number of aromatic nitrogens is 3. The first kappa shape index (κ1) is 18.8. The van der Waals surface area contributed by atoms with Crippen molar-refractivity contribution in [3.05, 3.63) is 57.2 Å². The van der Waals surface area contributed by atoms with Crippen molar-refractivity contribution in [1.29, 1.82) is 0 Å². The third-order valence-electron chi connectivity index (χ3n) is 3.75. The van der Waals surface area contributed by atoms with Gasteiger partial charge < -0.3 is 19.6 Å². The third kappa shape index (κ3) is 5.04. The second-order valence-electron chi connectivity index (χ2n) is 5.70. The fourth-order valence-corrected chi connectivity index (χ4v) is 2.72. The van der Waals surface area contributed by atoms with E-state index in [4.69, 9.17) is 9.26 Å². The highest BCUT2D eigenvalue weighted by Crippen LogP contribution is 2.20. The largest absolute Gasteiger partial charge is 0.497 e. The van der Waals surface area contributed by atoms with Crippen molar-refractivity contribution in [1.82, 2.24) is 15.1 Å². The van der Waals surface area contributed by atoms with Crippen LogP contribution in [0.3, 0.4) is 0 Å². The third-order valence-corrected chi connectivity index (χ3v) is 4.21. The Morgan fingerprint density at radius 3 is 2.85 bits per heavy atom. The highest BCUT2D eigenvalue weighted by atomic mass is 79.9. The van der Waals surface area contributed by atoms with E-state index in [0.717, 1.165) is 11.3 Å². The van der Waals surface area contributed by atoms with E-state index >= 15 is 0 Å². The monoisotopic (exact) mass is 432 g/mol. The van der Waals surface area contributed by atoms with Crippen molar-refractivity contribution >= 4 is 27.5 Å². The van der Waals surface area contributed by atoms with E-state index in [-0.39, 0.29) is 23.6 Å². The quantitative estimate of drug-likeness (QED) is 0.593. The van der Waals surface area contributed by atoms with Crippen LogP contribution in [-0.2, 0) is 11.2 Å². The number of halogens is 1. The Morgan fingerprint density at radius 2 is 2.11 bits per heavy atom. The first-order chi connectivity index (χ1) is 13.0. The van der Waals surface area contributed by atoms with Crippen molar-refractivity contribution in [2.75, 3.05) is 12.4 Å². The molecule has 2 aromatic heterocycles. The Bertz CT molecular complexity index is 982. The molecule has 9 heteroatoms. The number of anilines is 1. The molecule has 0 saturated heterocycles. The number of aryl methyl sites for hydroxylation is 1. The predicted molar refractivity (Wildman–Crippen MR) is 103 cm³/mol. The van der Waals surface area contributed by atoms with Gasteiger partial charge in [-0.05, 0) is 52.7 Å². The summed E-state index contributed by atoms with van der Waals surface area (Å²) in [6.45, 7) is 0. The van der Waals surface area contributed by atoms with Gasteiger partial charge in [0.05, 0.1) is 7.11 Å². The van der Waals surface area contributed by atoms with E-state index in [0.29, 0.717) is 29.0 Å². The molecule has 140 valence electrons. The lowest BCUT2D eigenvalue weighted by Gasteiger charge is -2.03. The number of amides is 1. The molecule has 0 atom stereocenters. The molecule has 3 rings (SSSR count). The Hall–Kier alpha value is -2.94. The number of aromatic amines is 1. The lowest BCUT2D eigenvalue weighted by atomic mass is 10.2. The predicted octanol–water partition coefficient (Wildman–Crippen LogP) is 3.16. The molecule has 0 bridgehead atoms. The molecule has 0 radical (unpaired) electrons. The average molecular weight is 433 g/mol. The Kier molecular flexibility index (Phi) is 6.02. The zero-order chi connectivity index (χ0) is 19.2. The highest BCUT2D eigenvalue weighted by Gasteiger charge is 2.11. The maximum atomic E-state index is 12.0. The van der Waals surface area contributed by atoms with E-state index in [1.807, 2.05) is 24.3 Å². The van der Waals surface area contributed by atoms with E-state index in [9.17, 15) is 9.59 Å². The van der Waals surface area contributed by atoms with Gasteiger partial charge in [0.25, 0.3) is 5.56 Å². The standard InChI is InChI=1S/C18H17BrN4O4/c1-26-13-7-5-11(6-8-13)17-22-16(27-23-17)4-2-3-15(24)21-14-9-12(19)10-20-18(14)25/h5-10H,2-4H2,1H3,(H,20,25)(H,21,24). The molecular weight excluding hydrogens is 416 g/mol. The van der Waals surface area contributed by atoms with Crippen LogP contribution in [0.25, 0.3) is 11.4 Å². The summed E-state index contributed by atoms with van der Waals surface area (Å²) in [6, 6.07) is 8.88. The van der Waals surface area contributed by atoms with Gasteiger partial charge in [-0.2, -0.15) is 4.98 Å². The summed E-state index contributed by atoms with van der Waals surface area (Å²) in [6.07, 6.45) is 2.72. The summed E-state index contributed by atoms with van der Waals surface area (Å²) in [5, 5.41) is 6.54. The van der Waals surface area contributed by atoms with Crippen LogP contribution in [0.4, 0.5) is 5.69 Å². The van der Waals surface area contributed by atoms with Crippen LogP contribution in [-0.4, -0.2) is 28.1 Å². The summed E-state index contributed by atoms with van der Waals surface area (Å²) in [4.78, 5) is 30.5. The molecule has 0 unspecified atom stereocenters. The molecule has 0 saturated carbocycles. The lowest BCUT2D eigenvalue weighted by molar-refractivity contribution is -0.116. The minimum absolute atomic E-state index is 0.203. The fraction of sp³-hybridized carbons (Fsp3) is 0.222. The van der Waals surface area contributed by atoms with Gasteiger partial charge in [-0.15, -0.1) is 0 Å². The number of pyridine rings is 1. The number of nitrogens with one attached hydrogen (secondary N) is 2. The van der Waals surface area contributed by atoms with Gasteiger partial charge in [-0.1, -0.05) is 5.16 Å². The maximum absolute atomic E-state index is 12.0. The second kappa shape index (κ2) is 8.63. The molecular formula is C18H17BrN4O4. The van der Waals surface area contributed by atoms with Gasteiger partial charge in [-0.25, -0.2) is 0 Å². The van der Waals surface area contributed by atoms with Gasteiger partial charge in [0.1, 0.15) is 11.4 Å². The molecule has 1 aromatic carbocycles. The fourth-order valence-electron chi connectivity index (χ4n) is 2.38. The Labute approximate surface area is 163 Å².